The smallest absolute Gasteiger partial charge is 0.245 e. The molecule has 1 aliphatic rings. The summed E-state index contributed by atoms with van der Waals surface area (Å²) in [5, 5.41) is 0. The number of nitrogens with zero attached hydrogens (tertiary/aromatic N) is 1. The average Bonchev–Trinajstić information content (AvgIpc) is 2.61. The van der Waals surface area contributed by atoms with Crippen LogP contribution < -0.4 is 15.2 Å². The van der Waals surface area contributed by atoms with E-state index >= 15 is 0 Å². The van der Waals surface area contributed by atoms with E-state index < -0.39 is 20.0 Å². The van der Waals surface area contributed by atoms with Gasteiger partial charge in [0.2, 0.25) is 20.0 Å². The van der Waals surface area contributed by atoms with E-state index in [9.17, 15) is 16.8 Å². The molecule has 0 bridgehead atoms. The lowest BCUT2D eigenvalue weighted by molar-refractivity contribution is 0.257. The van der Waals surface area contributed by atoms with Crippen molar-refractivity contribution < 1.29 is 21.6 Å². The van der Waals surface area contributed by atoms with Gasteiger partial charge in [0.05, 0.1) is 18.6 Å². The van der Waals surface area contributed by atoms with Crippen molar-refractivity contribution in [1.82, 2.24) is 4.31 Å². The Hall–Kier alpha value is -1.36. The Kier molecular flexibility index (Phi) is 6.30. The van der Waals surface area contributed by atoms with Crippen molar-refractivity contribution in [2.24, 2.45) is 5.73 Å². The van der Waals surface area contributed by atoms with Gasteiger partial charge in [-0.25, -0.2) is 16.8 Å². The lowest BCUT2D eigenvalue weighted by Gasteiger charge is -2.34. The molecule has 8 nitrogen and oxygen atoms in total. The van der Waals surface area contributed by atoms with E-state index in [1.807, 2.05) is 0 Å². The molecule has 25 heavy (non-hydrogen) atoms. The quantitative estimate of drug-likeness (QED) is 0.714. The van der Waals surface area contributed by atoms with E-state index in [1.165, 1.54) is 36.5 Å². The van der Waals surface area contributed by atoms with Gasteiger partial charge in [0.15, 0.2) is 0 Å². The van der Waals surface area contributed by atoms with E-state index in [0.29, 0.717) is 18.7 Å². The van der Waals surface area contributed by atoms with Gasteiger partial charge in [0.1, 0.15) is 10.6 Å². The normalized spacial score (nSPS) is 19.6. The highest BCUT2D eigenvalue weighted by Crippen LogP contribution is 2.32. The number of rotatable bonds is 7. The summed E-state index contributed by atoms with van der Waals surface area (Å²) < 4.78 is 59.0. The molecule has 1 heterocycles. The molecule has 0 aromatic heterocycles. The topological polar surface area (TPSA) is 119 Å². The molecule has 1 aliphatic heterocycles. The third kappa shape index (κ3) is 4.43. The third-order valence-electron chi connectivity index (χ3n) is 4.26. The van der Waals surface area contributed by atoms with Crippen LogP contribution in [-0.4, -0.2) is 53.1 Å². The fourth-order valence-electron chi connectivity index (χ4n) is 2.83. The van der Waals surface area contributed by atoms with Gasteiger partial charge < -0.3 is 10.5 Å². The molecule has 1 unspecified atom stereocenters. The van der Waals surface area contributed by atoms with Crippen LogP contribution in [0.4, 0.5) is 5.69 Å². The number of nitrogens with one attached hydrogen (secondary N) is 1. The molecule has 2 rings (SSSR count). The van der Waals surface area contributed by atoms with Crippen molar-refractivity contribution in [3.05, 3.63) is 18.2 Å². The van der Waals surface area contributed by atoms with Crippen LogP contribution in [-0.2, 0) is 20.0 Å². The van der Waals surface area contributed by atoms with Crippen LogP contribution in [0.15, 0.2) is 23.1 Å². The zero-order valence-corrected chi connectivity index (χ0v) is 16.1. The van der Waals surface area contributed by atoms with Gasteiger partial charge in [0, 0.05) is 25.2 Å². The number of benzene rings is 1. The van der Waals surface area contributed by atoms with Gasteiger partial charge >= 0.3 is 0 Å². The van der Waals surface area contributed by atoms with E-state index in [1.54, 1.807) is 0 Å². The molecule has 10 heteroatoms. The van der Waals surface area contributed by atoms with Crippen molar-refractivity contribution in [1.29, 1.82) is 0 Å². The summed E-state index contributed by atoms with van der Waals surface area (Å²) in [7, 11) is -6.10. The molecular weight excluding hydrogens is 366 g/mol. The molecule has 1 saturated heterocycles. The first-order chi connectivity index (χ1) is 11.7. The average molecular weight is 392 g/mol. The van der Waals surface area contributed by atoms with Crippen molar-refractivity contribution >= 4 is 25.7 Å². The summed E-state index contributed by atoms with van der Waals surface area (Å²) in [6.45, 7) is 2.08. The zero-order valence-electron chi connectivity index (χ0n) is 14.4. The van der Waals surface area contributed by atoms with E-state index in [4.69, 9.17) is 10.5 Å². The van der Waals surface area contributed by atoms with Crippen LogP contribution in [0, 0.1) is 0 Å². The number of hydrogen-bond donors (Lipinski definition) is 2. The predicted molar refractivity (Wildman–Crippen MR) is 96.7 cm³/mol. The summed E-state index contributed by atoms with van der Waals surface area (Å²) in [6, 6.07) is 3.96. The Balaban J connectivity index is 2.52. The minimum atomic E-state index is -3.89. The van der Waals surface area contributed by atoms with Gasteiger partial charge in [-0.15, -0.1) is 0 Å². The first kappa shape index (κ1) is 20.0. The number of hydrogen-bond acceptors (Lipinski definition) is 6. The number of anilines is 1. The molecule has 1 aromatic rings. The fourth-order valence-corrected chi connectivity index (χ4v) is 5.38. The van der Waals surface area contributed by atoms with E-state index in [2.05, 4.69) is 4.72 Å². The highest BCUT2D eigenvalue weighted by molar-refractivity contribution is 7.93. The molecule has 3 N–H and O–H groups in total. The monoisotopic (exact) mass is 391 g/mol. The summed E-state index contributed by atoms with van der Waals surface area (Å²) in [5.41, 5.74) is 5.73. The maximum Gasteiger partial charge on any atom is 0.245 e. The summed E-state index contributed by atoms with van der Waals surface area (Å²) in [6.07, 6.45) is 2.37. The van der Waals surface area contributed by atoms with Crippen molar-refractivity contribution in [2.75, 3.05) is 30.7 Å². The number of piperidine rings is 1. The van der Waals surface area contributed by atoms with Gasteiger partial charge in [0.25, 0.3) is 0 Å². The minimum Gasteiger partial charge on any atom is -0.497 e. The van der Waals surface area contributed by atoms with Crippen LogP contribution in [0.3, 0.4) is 0 Å². The number of ether oxygens (including phenoxy) is 1. The second-order valence-electron chi connectivity index (χ2n) is 5.87. The molecule has 142 valence electrons. The van der Waals surface area contributed by atoms with E-state index in [0.717, 1.165) is 12.8 Å². The van der Waals surface area contributed by atoms with Crippen molar-refractivity contribution in [3.8, 4) is 5.75 Å². The van der Waals surface area contributed by atoms with Gasteiger partial charge in [-0.3, -0.25) is 4.72 Å². The molecule has 0 radical (unpaired) electrons. The van der Waals surface area contributed by atoms with Crippen LogP contribution >= 0.6 is 0 Å². The van der Waals surface area contributed by atoms with Crippen LogP contribution in [0.5, 0.6) is 5.75 Å². The number of methoxy groups -OCH3 is 1. The fraction of sp³-hybridized carbons (Fsp3) is 0.600. The van der Waals surface area contributed by atoms with Crippen LogP contribution in [0.1, 0.15) is 26.2 Å². The number of sulfonamides is 2. The standard InChI is InChI=1S/C15H25N3O5S2/c1-3-24(19,20)17-14-10-13(23-2)7-8-15(14)25(21,22)18-9-5-4-6-12(18)11-16/h7-8,10,12,17H,3-6,9,11,16H2,1-2H3. The van der Waals surface area contributed by atoms with E-state index in [-0.39, 0.29) is 28.9 Å². The minimum absolute atomic E-state index is 0.0115. The Bertz CT molecular complexity index is 808. The maximum absolute atomic E-state index is 13.1. The highest BCUT2D eigenvalue weighted by Gasteiger charge is 2.34. The first-order valence-electron chi connectivity index (χ1n) is 8.15. The molecule has 0 saturated carbocycles. The lowest BCUT2D eigenvalue weighted by atomic mass is 10.1. The van der Waals surface area contributed by atoms with Crippen LogP contribution in [0.25, 0.3) is 0 Å². The Labute approximate surface area is 149 Å². The maximum atomic E-state index is 13.1. The lowest BCUT2D eigenvalue weighted by Crippen LogP contribution is -2.47. The van der Waals surface area contributed by atoms with Crippen molar-refractivity contribution in [3.63, 3.8) is 0 Å². The zero-order chi connectivity index (χ0) is 18.7. The predicted octanol–water partition coefficient (Wildman–Crippen LogP) is 0.959. The molecule has 0 spiro atoms. The summed E-state index contributed by atoms with van der Waals surface area (Å²) in [5.74, 6) is 0.195. The third-order valence-corrected chi connectivity index (χ3v) is 7.57. The van der Waals surface area contributed by atoms with Gasteiger partial charge in [-0.05, 0) is 31.9 Å². The second-order valence-corrected chi connectivity index (χ2v) is 9.74. The Morgan fingerprint density at radius 3 is 2.60 bits per heavy atom. The molecular formula is C15H25N3O5S2. The SMILES string of the molecule is CCS(=O)(=O)Nc1cc(OC)ccc1S(=O)(=O)N1CCCCC1CN. The molecule has 1 aromatic carbocycles. The first-order valence-corrected chi connectivity index (χ1v) is 11.2. The highest BCUT2D eigenvalue weighted by atomic mass is 32.2. The summed E-state index contributed by atoms with van der Waals surface area (Å²) >= 11 is 0. The Morgan fingerprint density at radius 2 is 2.00 bits per heavy atom. The second kappa shape index (κ2) is 7.90. The summed E-state index contributed by atoms with van der Waals surface area (Å²) in [4.78, 5) is -0.0920. The molecule has 1 fully saturated rings. The molecule has 1 atom stereocenters. The van der Waals surface area contributed by atoms with Gasteiger partial charge in [-0.2, -0.15) is 4.31 Å². The molecule has 0 amide bonds. The largest absolute Gasteiger partial charge is 0.497 e. The Morgan fingerprint density at radius 1 is 1.28 bits per heavy atom. The number of nitrogens with two attached hydrogens (primary N) is 1. The van der Waals surface area contributed by atoms with Crippen LogP contribution in [0.2, 0.25) is 0 Å². The van der Waals surface area contributed by atoms with Gasteiger partial charge in [-0.1, -0.05) is 6.42 Å². The molecule has 0 aliphatic carbocycles. The van der Waals surface area contributed by atoms with Crippen molar-refractivity contribution in [2.45, 2.75) is 37.1 Å².